The van der Waals surface area contributed by atoms with Gasteiger partial charge in [0, 0.05) is 21.1 Å². The summed E-state index contributed by atoms with van der Waals surface area (Å²) in [5.74, 6) is -1.84. The number of nitrogens with zero attached hydrogens (tertiary/aromatic N) is 1. The van der Waals surface area contributed by atoms with Crippen LogP contribution in [0.15, 0.2) is 53.4 Å². The molecule has 5 rings (SSSR count). The number of hydroxylamine groups is 2. The van der Waals surface area contributed by atoms with Crippen molar-refractivity contribution < 1.29 is 23.6 Å². The van der Waals surface area contributed by atoms with Crippen molar-refractivity contribution in [1.82, 2.24) is 5.06 Å². The third kappa shape index (κ3) is 2.56. The van der Waals surface area contributed by atoms with Gasteiger partial charge in [0.05, 0.1) is 11.1 Å². The topological polar surface area (TPSA) is 63.7 Å². The van der Waals surface area contributed by atoms with Gasteiger partial charge >= 0.3 is 5.97 Å². The number of benzene rings is 2. The molecular weight excluding hydrogens is 401 g/mol. The van der Waals surface area contributed by atoms with E-state index in [0.29, 0.717) is 10.8 Å². The van der Waals surface area contributed by atoms with E-state index in [1.54, 1.807) is 36.0 Å². The van der Waals surface area contributed by atoms with Crippen molar-refractivity contribution >= 4 is 40.9 Å². The Hall–Kier alpha value is -2.97. The van der Waals surface area contributed by atoms with Crippen LogP contribution in [0.4, 0.5) is 4.39 Å². The molecule has 3 heterocycles. The second-order valence-corrected chi connectivity index (χ2v) is 8.29. The molecule has 0 unspecified atom stereocenters. The number of hydrogen-bond donors (Lipinski definition) is 0. The first-order valence-electron chi connectivity index (χ1n) is 8.28. The van der Waals surface area contributed by atoms with Gasteiger partial charge in [0.2, 0.25) is 0 Å². The lowest BCUT2D eigenvalue weighted by molar-refractivity contribution is -0.0581. The van der Waals surface area contributed by atoms with Crippen LogP contribution >= 0.6 is 23.1 Å². The number of carbonyl (C=O) groups is 3. The molecule has 2 aromatic carbocycles. The quantitative estimate of drug-likeness (QED) is 0.580. The maximum absolute atomic E-state index is 13.7. The lowest BCUT2D eigenvalue weighted by Crippen LogP contribution is -2.32. The Bertz CT molecular complexity index is 1150. The van der Waals surface area contributed by atoms with E-state index >= 15 is 0 Å². The number of thiophene rings is 1. The van der Waals surface area contributed by atoms with E-state index < -0.39 is 17.8 Å². The average molecular weight is 411 g/mol. The van der Waals surface area contributed by atoms with Crippen molar-refractivity contribution in [2.45, 2.75) is 10.6 Å². The highest BCUT2D eigenvalue weighted by atomic mass is 32.2. The van der Waals surface area contributed by atoms with Crippen LogP contribution in [0.3, 0.4) is 0 Å². The van der Waals surface area contributed by atoms with E-state index in [0.717, 1.165) is 32.2 Å². The average Bonchev–Trinajstić information content (AvgIpc) is 3.24. The number of thioether (sulfide) groups is 1. The highest BCUT2D eigenvalue weighted by Gasteiger charge is 2.39. The number of fused-ring (bicyclic) bond motifs is 4. The summed E-state index contributed by atoms with van der Waals surface area (Å²) in [6.45, 7) is 0. The zero-order chi connectivity index (χ0) is 19.4. The molecule has 28 heavy (non-hydrogen) atoms. The minimum Gasteiger partial charge on any atom is -0.323 e. The van der Waals surface area contributed by atoms with Gasteiger partial charge in [-0.15, -0.1) is 23.1 Å². The first kappa shape index (κ1) is 17.2. The minimum atomic E-state index is -0.795. The first-order chi connectivity index (χ1) is 13.5. The SMILES string of the molecule is O=C(ON1C(=O)c2ccccc2C1=O)c1cc2c(s1)-c1cc(F)ccc1SC2. The molecule has 2 aliphatic rings. The Balaban J connectivity index is 1.44. The molecule has 0 fully saturated rings. The molecule has 1 aromatic heterocycles. The molecule has 138 valence electrons. The Kier molecular flexibility index (Phi) is 3.85. The van der Waals surface area contributed by atoms with E-state index in [1.165, 1.54) is 24.3 Å². The zero-order valence-electron chi connectivity index (χ0n) is 14.1. The number of rotatable bonds is 2. The lowest BCUT2D eigenvalue weighted by atomic mass is 10.1. The smallest absolute Gasteiger partial charge is 0.323 e. The van der Waals surface area contributed by atoms with Gasteiger partial charge in [-0.25, -0.2) is 9.18 Å². The van der Waals surface area contributed by atoms with Crippen LogP contribution in [0, 0.1) is 5.82 Å². The summed E-state index contributed by atoms with van der Waals surface area (Å²) in [6.07, 6.45) is 0. The van der Waals surface area contributed by atoms with Crippen molar-refractivity contribution in [3.05, 3.63) is 75.9 Å². The molecule has 8 heteroatoms. The summed E-state index contributed by atoms with van der Waals surface area (Å²) in [4.78, 5) is 44.4. The summed E-state index contributed by atoms with van der Waals surface area (Å²) in [6, 6.07) is 12.5. The van der Waals surface area contributed by atoms with Gasteiger partial charge in [0.1, 0.15) is 10.7 Å². The van der Waals surface area contributed by atoms with E-state index in [2.05, 4.69) is 0 Å². The Morgan fingerprint density at radius 1 is 1.00 bits per heavy atom. The summed E-state index contributed by atoms with van der Waals surface area (Å²) in [5.41, 5.74) is 2.02. The van der Waals surface area contributed by atoms with Crippen molar-refractivity contribution in [2.24, 2.45) is 0 Å². The Morgan fingerprint density at radius 3 is 2.43 bits per heavy atom. The third-order valence-corrected chi connectivity index (χ3v) is 6.82. The van der Waals surface area contributed by atoms with Crippen LogP contribution in [0.5, 0.6) is 0 Å². The van der Waals surface area contributed by atoms with E-state index in [4.69, 9.17) is 4.84 Å². The molecule has 0 bridgehead atoms. The van der Waals surface area contributed by atoms with Gasteiger partial charge in [-0.05, 0) is 42.0 Å². The number of halogens is 1. The first-order valence-corrected chi connectivity index (χ1v) is 10.1. The summed E-state index contributed by atoms with van der Waals surface area (Å²) < 4.78 is 13.7. The fourth-order valence-electron chi connectivity index (χ4n) is 3.20. The number of hydrogen-bond acceptors (Lipinski definition) is 6. The molecule has 0 spiro atoms. The van der Waals surface area contributed by atoms with Crippen molar-refractivity contribution in [2.75, 3.05) is 0 Å². The second kappa shape index (κ2) is 6.29. The van der Waals surface area contributed by atoms with Crippen LogP contribution in [-0.2, 0) is 10.6 Å². The van der Waals surface area contributed by atoms with E-state index in [-0.39, 0.29) is 21.8 Å². The van der Waals surface area contributed by atoms with Crippen LogP contribution in [0.1, 0.15) is 36.0 Å². The maximum atomic E-state index is 13.7. The fraction of sp³-hybridized carbons (Fsp3) is 0.0500. The van der Waals surface area contributed by atoms with E-state index in [9.17, 15) is 18.8 Å². The molecule has 5 nitrogen and oxygen atoms in total. The van der Waals surface area contributed by atoms with Gasteiger partial charge in [0.15, 0.2) is 0 Å². The number of imide groups is 1. The molecule has 2 aliphatic heterocycles. The van der Waals surface area contributed by atoms with Crippen LogP contribution in [0.2, 0.25) is 0 Å². The van der Waals surface area contributed by atoms with Crippen molar-refractivity contribution in [3.8, 4) is 10.4 Å². The Morgan fingerprint density at radius 2 is 1.71 bits per heavy atom. The van der Waals surface area contributed by atoms with Gasteiger partial charge in [-0.1, -0.05) is 17.2 Å². The molecule has 2 amide bonds. The highest BCUT2D eigenvalue weighted by molar-refractivity contribution is 7.98. The van der Waals surface area contributed by atoms with Gasteiger partial charge in [-0.3, -0.25) is 9.59 Å². The normalized spacial score (nSPS) is 14.5. The molecular formula is C20H10FNO4S2. The highest BCUT2D eigenvalue weighted by Crippen LogP contribution is 2.46. The molecule has 0 saturated carbocycles. The molecule has 0 saturated heterocycles. The fourth-order valence-corrected chi connectivity index (χ4v) is 5.46. The lowest BCUT2D eigenvalue weighted by Gasteiger charge is -2.15. The van der Waals surface area contributed by atoms with E-state index in [1.807, 2.05) is 0 Å². The monoisotopic (exact) mass is 411 g/mol. The van der Waals surface area contributed by atoms with Gasteiger partial charge in [-0.2, -0.15) is 0 Å². The minimum absolute atomic E-state index is 0.201. The van der Waals surface area contributed by atoms with Crippen LogP contribution < -0.4 is 0 Å². The number of carbonyl (C=O) groups excluding carboxylic acids is 3. The second-order valence-electron chi connectivity index (χ2n) is 6.22. The summed E-state index contributed by atoms with van der Waals surface area (Å²) in [5, 5.41) is 0.494. The van der Waals surface area contributed by atoms with Gasteiger partial charge < -0.3 is 4.84 Å². The van der Waals surface area contributed by atoms with Crippen molar-refractivity contribution in [3.63, 3.8) is 0 Å². The standard InChI is InChI=1S/C20H10FNO4S2/c21-11-5-6-15-14(8-11)17-10(9-27-15)7-16(28-17)20(25)26-22-18(23)12-3-1-2-4-13(12)19(22)24/h1-8H,9H2. The van der Waals surface area contributed by atoms with Crippen molar-refractivity contribution in [1.29, 1.82) is 0 Å². The molecule has 0 aliphatic carbocycles. The predicted molar refractivity (Wildman–Crippen MR) is 102 cm³/mol. The maximum Gasteiger partial charge on any atom is 0.373 e. The molecule has 0 atom stereocenters. The molecule has 0 N–H and O–H groups in total. The number of amides is 2. The molecule has 3 aromatic rings. The van der Waals surface area contributed by atoms with Crippen LogP contribution in [0.25, 0.3) is 10.4 Å². The third-order valence-electron chi connectivity index (χ3n) is 4.51. The largest absolute Gasteiger partial charge is 0.373 e. The zero-order valence-corrected chi connectivity index (χ0v) is 15.7. The van der Waals surface area contributed by atoms with Gasteiger partial charge in [0.25, 0.3) is 11.8 Å². The summed E-state index contributed by atoms with van der Waals surface area (Å²) in [7, 11) is 0. The van der Waals surface area contributed by atoms with Crippen LogP contribution in [-0.4, -0.2) is 22.8 Å². The Labute approximate surface area is 166 Å². The summed E-state index contributed by atoms with van der Waals surface area (Å²) >= 11 is 2.72. The molecule has 0 radical (unpaired) electrons. The predicted octanol–water partition coefficient (Wildman–Crippen LogP) is 4.53.